The Balaban J connectivity index is 1.58. The zero-order chi connectivity index (χ0) is 20.0. The monoisotopic (exact) mass is 449 g/mol. The maximum atomic E-state index is 13.4. The van der Waals surface area contributed by atoms with Crippen LogP contribution in [0.25, 0.3) is 0 Å². The van der Waals surface area contributed by atoms with Gasteiger partial charge in [0, 0.05) is 16.9 Å². The lowest BCUT2D eigenvalue weighted by Crippen LogP contribution is -2.37. The van der Waals surface area contributed by atoms with Gasteiger partial charge in [-0.2, -0.15) is 0 Å². The normalized spacial score (nSPS) is 23.6. The van der Waals surface area contributed by atoms with Crippen LogP contribution in [-0.4, -0.2) is 22.9 Å². The molecule has 0 radical (unpaired) electrons. The van der Waals surface area contributed by atoms with Crippen LogP contribution in [0.2, 0.25) is 0 Å². The molecule has 144 valence electrons. The van der Waals surface area contributed by atoms with E-state index in [0.717, 1.165) is 15.7 Å². The van der Waals surface area contributed by atoms with Crippen LogP contribution < -0.4 is 9.96 Å². The van der Waals surface area contributed by atoms with Gasteiger partial charge in [0.1, 0.15) is 5.92 Å². The largest absolute Gasteiger partial charge is 0.273 e. The molecule has 2 aliphatic heterocycles. The van der Waals surface area contributed by atoms with Gasteiger partial charge in [0.15, 0.2) is 6.10 Å². The van der Waals surface area contributed by atoms with Crippen molar-refractivity contribution in [3.8, 4) is 0 Å². The number of carbonyl (C=O) groups is 2. The van der Waals surface area contributed by atoms with Gasteiger partial charge in [-0.25, -0.2) is 9.96 Å². The molecule has 2 fully saturated rings. The van der Waals surface area contributed by atoms with E-state index in [1.165, 1.54) is 4.90 Å². The number of hydroxylamine groups is 1. The molecule has 0 unspecified atom stereocenters. The number of aromatic nitrogens is 1. The first-order chi connectivity index (χ1) is 14.1. The van der Waals surface area contributed by atoms with Crippen molar-refractivity contribution in [3.63, 3.8) is 0 Å². The lowest BCUT2D eigenvalue weighted by Gasteiger charge is -2.28. The van der Waals surface area contributed by atoms with E-state index < -0.39 is 18.1 Å². The van der Waals surface area contributed by atoms with E-state index >= 15 is 0 Å². The lowest BCUT2D eigenvalue weighted by atomic mass is 9.91. The summed E-state index contributed by atoms with van der Waals surface area (Å²) in [5.41, 5.74) is 2.15. The Morgan fingerprint density at radius 2 is 1.62 bits per heavy atom. The molecule has 6 nitrogen and oxygen atoms in total. The van der Waals surface area contributed by atoms with Crippen molar-refractivity contribution in [1.82, 2.24) is 4.98 Å². The second kappa shape index (κ2) is 7.09. The first-order valence-electron chi connectivity index (χ1n) is 9.19. The molecule has 3 aromatic rings. The van der Waals surface area contributed by atoms with Gasteiger partial charge in [0.2, 0.25) is 5.91 Å². The number of hydrogen-bond acceptors (Lipinski definition) is 5. The molecule has 2 amide bonds. The molecule has 7 heteroatoms. The summed E-state index contributed by atoms with van der Waals surface area (Å²) in [6, 6.07) is 19.9. The number of fused-ring (bicyclic) bond motifs is 1. The van der Waals surface area contributed by atoms with E-state index in [0.29, 0.717) is 5.69 Å². The second-order valence-corrected chi connectivity index (χ2v) is 7.85. The van der Waals surface area contributed by atoms with Gasteiger partial charge in [-0.15, -0.1) is 0 Å². The molecule has 0 aliphatic carbocycles. The van der Waals surface area contributed by atoms with Crippen molar-refractivity contribution in [2.75, 3.05) is 9.96 Å². The smallest absolute Gasteiger partial charge is 0.266 e. The Morgan fingerprint density at radius 3 is 2.31 bits per heavy atom. The van der Waals surface area contributed by atoms with Crippen molar-refractivity contribution in [1.29, 1.82) is 0 Å². The zero-order valence-electron chi connectivity index (χ0n) is 15.2. The summed E-state index contributed by atoms with van der Waals surface area (Å²) in [7, 11) is 0. The number of pyridine rings is 1. The van der Waals surface area contributed by atoms with E-state index in [4.69, 9.17) is 4.84 Å². The van der Waals surface area contributed by atoms with Crippen molar-refractivity contribution in [3.05, 3.63) is 89.2 Å². The Labute approximate surface area is 175 Å². The summed E-state index contributed by atoms with van der Waals surface area (Å²) in [5.74, 6) is -1.28. The molecule has 5 rings (SSSR count). The summed E-state index contributed by atoms with van der Waals surface area (Å²) >= 11 is 3.38. The van der Waals surface area contributed by atoms with E-state index in [1.807, 2.05) is 42.5 Å². The number of hydrogen-bond donors (Lipinski definition) is 0. The average Bonchev–Trinajstić information content (AvgIpc) is 3.27. The summed E-state index contributed by atoms with van der Waals surface area (Å²) in [4.78, 5) is 38.1. The first-order valence-corrected chi connectivity index (χ1v) is 9.99. The van der Waals surface area contributed by atoms with Crippen molar-refractivity contribution >= 4 is 39.1 Å². The van der Waals surface area contributed by atoms with Crippen molar-refractivity contribution in [2.45, 2.75) is 12.1 Å². The predicted octanol–water partition coefficient (Wildman–Crippen LogP) is 3.90. The van der Waals surface area contributed by atoms with Gasteiger partial charge in [-0.1, -0.05) is 40.2 Å². The quantitative estimate of drug-likeness (QED) is 0.567. The highest BCUT2D eigenvalue weighted by Gasteiger charge is 2.60. The average molecular weight is 450 g/mol. The fraction of sp³-hybridized carbons (Fsp3) is 0.136. The molecule has 3 atom stereocenters. The molecule has 1 aromatic heterocycles. The number of amides is 2. The molecule has 0 spiro atoms. The maximum absolute atomic E-state index is 13.4. The third kappa shape index (κ3) is 2.94. The number of benzene rings is 2. The Hall–Kier alpha value is -3.03. The van der Waals surface area contributed by atoms with Gasteiger partial charge in [0.25, 0.3) is 5.91 Å². The number of imide groups is 1. The highest BCUT2D eigenvalue weighted by atomic mass is 79.9. The molecule has 29 heavy (non-hydrogen) atoms. The van der Waals surface area contributed by atoms with Gasteiger partial charge in [-0.3, -0.25) is 19.4 Å². The number of para-hydroxylation sites is 1. The van der Waals surface area contributed by atoms with Crippen LogP contribution in [0, 0.1) is 5.92 Å². The highest BCUT2D eigenvalue weighted by molar-refractivity contribution is 9.10. The molecule has 0 bridgehead atoms. The molecular weight excluding hydrogens is 434 g/mol. The second-order valence-electron chi connectivity index (χ2n) is 6.93. The summed E-state index contributed by atoms with van der Waals surface area (Å²) in [5, 5.41) is 1.67. The predicted molar refractivity (Wildman–Crippen MR) is 111 cm³/mol. The minimum Gasteiger partial charge on any atom is -0.273 e. The van der Waals surface area contributed by atoms with Gasteiger partial charge < -0.3 is 0 Å². The van der Waals surface area contributed by atoms with E-state index in [1.54, 1.807) is 41.7 Å². The van der Waals surface area contributed by atoms with Gasteiger partial charge >= 0.3 is 0 Å². The van der Waals surface area contributed by atoms with Gasteiger partial charge in [0.05, 0.1) is 17.4 Å². The molecule has 0 saturated carbocycles. The Kier molecular flexibility index (Phi) is 4.41. The minimum atomic E-state index is -0.878. The lowest BCUT2D eigenvalue weighted by molar-refractivity contribution is -0.126. The Morgan fingerprint density at radius 1 is 0.862 bits per heavy atom. The SMILES string of the molecule is O=C1[C@H]2[C@@H](c3cccnc3)N(c3ccccc3)O[C@H]2C(=O)N1c1ccc(Br)cc1. The van der Waals surface area contributed by atoms with Crippen LogP contribution in [0.4, 0.5) is 11.4 Å². The molecule has 2 saturated heterocycles. The van der Waals surface area contributed by atoms with E-state index in [2.05, 4.69) is 20.9 Å². The van der Waals surface area contributed by atoms with Crippen LogP contribution in [0.5, 0.6) is 0 Å². The van der Waals surface area contributed by atoms with E-state index in [9.17, 15) is 9.59 Å². The van der Waals surface area contributed by atoms with Crippen LogP contribution in [0.15, 0.2) is 83.6 Å². The van der Waals surface area contributed by atoms with Gasteiger partial charge in [-0.05, 0) is 48.0 Å². The molecule has 2 aromatic carbocycles. The highest BCUT2D eigenvalue weighted by Crippen LogP contribution is 2.47. The number of carbonyl (C=O) groups excluding carboxylic acids is 2. The van der Waals surface area contributed by atoms with Crippen molar-refractivity contribution in [2.24, 2.45) is 5.92 Å². The number of anilines is 2. The summed E-state index contributed by atoms with van der Waals surface area (Å²) in [6.45, 7) is 0. The standard InChI is InChI=1S/C22H16BrN3O3/c23-15-8-10-16(11-9-15)25-21(27)18-19(14-5-4-12-24-13-14)26(29-20(18)22(25)28)17-6-2-1-3-7-17/h1-13,18-20H/t18-,19+,20+/m0/s1. The van der Waals surface area contributed by atoms with Crippen LogP contribution in [0.1, 0.15) is 11.6 Å². The molecule has 2 aliphatic rings. The molecular formula is C22H16BrN3O3. The maximum Gasteiger partial charge on any atom is 0.266 e. The molecule has 3 heterocycles. The van der Waals surface area contributed by atoms with E-state index in [-0.39, 0.29) is 11.8 Å². The topological polar surface area (TPSA) is 62.7 Å². The number of halogens is 1. The molecule has 0 N–H and O–H groups in total. The van der Waals surface area contributed by atoms with Crippen LogP contribution in [-0.2, 0) is 14.4 Å². The Bertz CT molecular complexity index is 1060. The third-order valence-electron chi connectivity index (χ3n) is 5.24. The summed E-state index contributed by atoms with van der Waals surface area (Å²) < 4.78 is 0.875. The zero-order valence-corrected chi connectivity index (χ0v) is 16.8. The van der Waals surface area contributed by atoms with Crippen LogP contribution >= 0.6 is 15.9 Å². The third-order valence-corrected chi connectivity index (χ3v) is 5.77. The minimum absolute atomic E-state index is 0.269. The first kappa shape index (κ1) is 18.0. The number of nitrogens with zero attached hydrogens (tertiary/aromatic N) is 3. The fourth-order valence-corrected chi connectivity index (χ4v) is 4.21. The number of rotatable bonds is 3. The summed E-state index contributed by atoms with van der Waals surface area (Å²) in [6.07, 6.45) is 2.52. The fourth-order valence-electron chi connectivity index (χ4n) is 3.95. The van der Waals surface area contributed by atoms with Crippen LogP contribution in [0.3, 0.4) is 0 Å². The van der Waals surface area contributed by atoms with Crippen molar-refractivity contribution < 1.29 is 14.4 Å².